The maximum absolute atomic E-state index is 13.9. The lowest BCUT2D eigenvalue weighted by Crippen LogP contribution is -2.52. The second-order valence-electron chi connectivity index (χ2n) is 11.7. The van der Waals surface area contributed by atoms with E-state index in [4.69, 9.17) is 32.7 Å². The lowest BCUT2D eigenvalue weighted by molar-refractivity contribution is -0.154. The molecule has 0 unspecified atom stereocenters. The normalized spacial score (nSPS) is 25.4. The monoisotopic (exact) mass is 644 g/mol. The first-order valence-electron chi connectivity index (χ1n) is 14.5. The van der Waals surface area contributed by atoms with Gasteiger partial charge >= 0.3 is 5.97 Å². The Morgan fingerprint density at radius 1 is 0.800 bits per heavy atom. The number of methoxy groups -OCH3 is 1. The van der Waals surface area contributed by atoms with E-state index in [1.54, 1.807) is 24.3 Å². The number of hydrogen-bond acceptors (Lipinski definition) is 7. The molecular weight excluding hydrogens is 619 g/mol. The minimum Gasteiger partial charge on any atom is -0.497 e. The predicted octanol–water partition coefficient (Wildman–Crippen LogP) is 5.51. The molecule has 0 radical (unpaired) electrons. The first kappa shape index (κ1) is 29.3. The summed E-state index contributed by atoms with van der Waals surface area (Å²) in [4.78, 5) is 67.9. The number of allylic oxidation sites excluding steroid dienone is 2. The molecule has 45 heavy (non-hydrogen) atoms. The Hall–Kier alpha value is -4.47. The average molecular weight is 645 g/mol. The molecule has 3 aromatic rings. The van der Waals surface area contributed by atoms with E-state index in [1.807, 2.05) is 12.2 Å². The van der Waals surface area contributed by atoms with Gasteiger partial charge in [-0.1, -0.05) is 41.4 Å². The van der Waals surface area contributed by atoms with Crippen LogP contribution < -0.4 is 9.47 Å². The van der Waals surface area contributed by atoms with Crippen LogP contribution in [-0.2, 0) is 9.59 Å². The second-order valence-corrected chi connectivity index (χ2v) is 12.5. The Morgan fingerprint density at radius 3 is 2.07 bits per heavy atom. The van der Waals surface area contributed by atoms with E-state index in [0.717, 1.165) is 16.4 Å². The standard InChI is InChI=1S/C34H26Cl2N2O7/c1-44-21-4-2-3-19(13-21)34(43)45-20-8-5-17(6-9-20)28(39)16-37(31(40)18-7-12-26(35)27(36)14-18)38-32(41)29-22-10-11-23(25-15-24(22)25)30(29)33(38)42/h2-14,22-25,29-30H,15-16H2,1H3/t22-,23-,24-,25+,29-,30+/m0/s1. The molecule has 0 spiro atoms. The van der Waals surface area contributed by atoms with E-state index >= 15 is 0 Å². The predicted molar refractivity (Wildman–Crippen MR) is 163 cm³/mol. The topological polar surface area (TPSA) is 110 Å². The summed E-state index contributed by atoms with van der Waals surface area (Å²) in [5.74, 6) is -2.64. The van der Waals surface area contributed by atoms with Gasteiger partial charge in [0.1, 0.15) is 18.0 Å². The van der Waals surface area contributed by atoms with Crippen LogP contribution in [0.4, 0.5) is 0 Å². The van der Waals surface area contributed by atoms with Crippen LogP contribution in [0, 0.1) is 35.5 Å². The highest BCUT2D eigenvalue weighted by molar-refractivity contribution is 6.42. The average Bonchev–Trinajstić information content (AvgIpc) is 3.84. The molecule has 1 aliphatic heterocycles. The Balaban J connectivity index is 1.14. The van der Waals surface area contributed by atoms with Crippen LogP contribution in [0.25, 0.3) is 0 Å². The van der Waals surface area contributed by atoms with Crippen molar-refractivity contribution in [3.8, 4) is 11.5 Å². The minimum absolute atomic E-state index is 0.0590. The molecule has 3 fully saturated rings. The number of halogens is 2. The van der Waals surface area contributed by atoms with Gasteiger partial charge in [-0.05, 0) is 90.8 Å². The van der Waals surface area contributed by atoms with Gasteiger partial charge in [0.15, 0.2) is 5.78 Å². The molecule has 4 aliphatic carbocycles. The highest BCUT2D eigenvalue weighted by Gasteiger charge is 2.68. The number of hydrazine groups is 1. The molecule has 0 aromatic heterocycles. The van der Waals surface area contributed by atoms with Crippen molar-refractivity contribution in [3.05, 3.63) is 106 Å². The smallest absolute Gasteiger partial charge is 0.343 e. The van der Waals surface area contributed by atoms with E-state index in [0.29, 0.717) is 17.6 Å². The number of hydrogen-bond donors (Lipinski definition) is 0. The van der Waals surface area contributed by atoms with Crippen LogP contribution in [0.5, 0.6) is 11.5 Å². The fourth-order valence-corrected chi connectivity index (χ4v) is 7.34. The first-order chi connectivity index (χ1) is 21.7. The highest BCUT2D eigenvalue weighted by Crippen LogP contribution is 2.65. The van der Waals surface area contributed by atoms with E-state index in [-0.39, 0.29) is 44.3 Å². The number of ether oxygens (including phenoxy) is 2. The van der Waals surface area contributed by atoms with Crippen molar-refractivity contribution in [3.63, 3.8) is 0 Å². The third kappa shape index (κ3) is 5.00. The molecule has 1 heterocycles. The summed E-state index contributed by atoms with van der Waals surface area (Å²) in [5, 5.41) is 2.14. The number of Topliss-reactive ketones (excluding diaryl/α,β-unsaturated/α-hetero) is 1. The van der Waals surface area contributed by atoms with Crippen LogP contribution in [-0.4, -0.2) is 53.1 Å². The van der Waals surface area contributed by atoms with Crippen molar-refractivity contribution < 1.29 is 33.4 Å². The van der Waals surface area contributed by atoms with E-state index < -0.39 is 47.9 Å². The molecule has 1 saturated heterocycles. The Labute approximate surface area is 268 Å². The van der Waals surface area contributed by atoms with Gasteiger partial charge in [0.2, 0.25) is 0 Å². The van der Waals surface area contributed by atoms with Gasteiger partial charge < -0.3 is 9.47 Å². The van der Waals surface area contributed by atoms with Crippen molar-refractivity contribution >= 4 is 52.7 Å². The van der Waals surface area contributed by atoms with Crippen LogP contribution in [0.15, 0.2) is 78.9 Å². The molecule has 228 valence electrons. The maximum atomic E-state index is 13.9. The Bertz CT molecular complexity index is 1770. The fraction of sp³-hybridized carbons (Fsp3) is 0.265. The number of amides is 3. The number of benzene rings is 3. The molecular formula is C34H26Cl2N2O7. The molecule has 2 bridgehead atoms. The summed E-state index contributed by atoms with van der Waals surface area (Å²) in [5.41, 5.74) is 0.534. The van der Waals surface area contributed by atoms with Gasteiger partial charge in [-0.3, -0.25) is 19.2 Å². The van der Waals surface area contributed by atoms with Gasteiger partial charge in [-0.2, -0.15) is 5.01 Å². The van der Waals surface area contributed by atoms with Gasteiger partial charge in [0.25, 0.3) is 17.7 Å². The number of nitrogens with zero attached hydrogens (tertiary/aromatic N) is 2. The number of rotatable bonds is 8. The molecule has 9 nitrogen and oxygen atoms in total. The lowest BCUT2D eigenvalue weighted by atomic mass is 9.63. The van der Waals surface area contributed by atoms with Crippen molar-refractivity contribution in [2.45, 2.75) is 6.42 Å². The zero-order valence-electron chi connectivity index (χ0n) is 23.9. The summed E-state index contributed by atoms with van der Waals surface area (Å²) in [6.07, 6.45) is 5.06. The van der Waals surface area contributed by atoms with Crippen molar-refractivity contribution in [1.82, 2.24) is 10.0 Å². The highest BCUT2D eigenvalue weighted by atomic mass is 35.5. The molecule has 0 N–H and O–H groups in total. The van der Waals surface area contributed by atoms with Crippen LogP contribution >= 0.6 is 23.2 Å². The SMILES string of the molecule is COc1cccc(C(=O)Oc2ccc(C(=O)CN(C(=O)c3ccc(Cl)c(Cl)c3)N3C(=O)[C@@H]4[C@H]5C=C[C@@H]([C@@H]6C[C@H]56)[C@@H]4C3=O)cc2)c1. The number of carbonyl (C=O) groups excluding carboxylic acids is 5. The number of imide groups is 1. The molecule has 3 amide bonds. The van der Waals surface area contributed by atoms with E-state index in [1.165, 1.54) is 49.6 Å². The van der Waals surface area contributed by atoms with Crippen LogP contribution in [0.2, 0.25) is 10.0 Å². The minimum atomic E-state index is -0.739. The Kier molecular flexibility index (Phi) is 7.25. The summed E-state index contributed by atoms with van der Waals surface area (Å²) < 4.78 is 10.6. The van der Waals surface area contributed by atoms with Crippen LogP contribution in [0.3, 0.4) is 0 Å². The first-order valence-corrected chi connectivity index (χ1v) is 15.2. The molecule has 5 aliphatic rings. The van der Waals surface area contributed by atoms with Gasteiger partial charge in [0, 0.05) is 11.1 Å². The summed E-state index contributed by atoms with van der Waals surface area (Å²) in [6.45, 7) is -0.589. The van der Waals surface area contributed by atoms with Gasteiger partial charge in [-0.15, -0.1) is 0 Å². The molecule has 2 saturated carbocycles. The quantitative estimate of drug-likeness (QED) is 0.104. The van der Waals surface area contributed by atoms with E-state index in [9.17, 15) is 24.0 Å². The molecule has 6 atom stereocenters. The van der Waals surface area contributed by atoms with Crippen LogP contribution in [0.1, 0.15) is 37.5 Å². The maximum Gasteiger partial charge on any atom is 0.343 e. The van der Waals surface area contributed by atoms with Crippen molar-refractivity contribution in [2.75, 3.05) is 13.7 Å². The van der Waals surface area contributed by atoms with Crippen molar-refractivity contribution in [2.24, 2.45) is 35.5 Å². The number of ketones is 1. The zero-order chi connectivity index (χ0) is 31.6. The molecule has 8 rings (SSSR count). The third-order valence-corrected chi connectivity index (χ3v) is 10.0. The van der Waals surface area contributed by atoms with Gasteiger partial charge in [0.05, 0.1) is 34.6 Å². The molecule has 3 aromatic carbocycles. The summed E-state index contributed by atoms with van der Waals surface area (Å²) in [7, 11) is 1.49. The number of esters is 1. The van der Waals surface area contributed by atoms with E-state index in [2.05, 4.69) is 0 Å². The zero-order valence-corrected chi connectivity index (χ0v) is 25.4. The largest absolute Gasteiger partial charge is 0.497 e. The lowest BCUT2D eigenvalue weighted by Gasteiger charge is -2.37. The second kappa shape index (κ2) is 11.2. The third-order valence-electron chi connectivity index (χ3n) is 9.27. The molecule has 11 heteroatoms. The summed E-state index contributed by atoms with van der Waals surface area (Å²) in [6, 6.07) is 16.5. The fourth-order valence-electron chi connectivity index (χ4n) is 7.04. The summed E-state index contributed by atoms with van der Waals surface area (Å²) >= 11 is 12.2. The Morgan fingerprint density at radius 2 is 1.44 bits per heavy atom. The van der Waals surface area contributed by atoms with Gasteiger partial charge in [-0.25, -0.2) is 9.80 Å². The van der Waals surface area contributed by atoms with Crippen molar-refractivity contribution in [1.29, 1.82) is 0 Å². The number of carbonyl (C=O) groups is 5.